The van der Waals surface area contributed by atoms with Crippen molar-refractivity contribution in [1.29, 1.82) is 5.41 Å². The van der Waals surface area contributed by atoms with Crippen LogP contribution in [0.5, 0.6) is 6.01 Å². The summed E-state index contributed by atoms with van der Waals surface area (Å²) in [6.45, 7) is 3.39. The Bertz CT molecular complexity index is 1560. The van der Waals surface area contributed by atoms with E-state index in [0.717, 1.165) is 11.1 Å². The van der Waals surface area contributed by atoms with E-state index in [1.54, 1.807) is 36.4 Å². The Kier molecular flexibility index (Phi) is 9.77. The van der Waals surface area contributed by atoms with Crippen LogP contribution in [0, 0.1) is 5.41 Å². The first-order valence-corrected chi connectivity index (χ1v) is 13.8. The highest BCUT2D eigenvalue weighted by Crippen LogP contribution is 2.25. The van der Waals surface area contributed by atoms with Gasteiger partial charge in [-0.2, -0.15) is 4.98 Å². The summed E-state index contributed by atoms with van der Waals surface area (Å²) < 4.78 is 5.80. The number of halogens is 2. The molecule has 0 saturated heterocycles. The van der Waals surface area contributed by atoms with E-state index in [1.165, 1.54) is 20.0 Å². The highest BCUT2D eigenvalue weighted by Gasteiger charge is 2.29. The third-order valence-electron chi connectivity index (χ3n) is 6.51. The molecule has 0 saturated carbocycles. The molecule has 0 fully saturated rings. The van der Waals surface area contributed by atoms with Crippen LogP contribution in [0.1, 0.15) is 46.8 Å². The van der Waals surface area contributed by atoms with E-state index in [4.69, 9.17) is 39.1 Å². The topological polar surface area (TPSA) is 143 Å². The molecule has 42 heavy (non-hydrogen) atoms. The van der Waals surface area contributed by atoms with Crippen LogP contribution >= 0.6 is 23.2 Å². The summed E-state index contributed by atoms with van der Waals surface area (Å²) in [6, 6.07) is 23.8. The number of amides is 2. The minimum atomic E-state index is -1.32. The highest BCUT2D eigenvalue weighted by atomic mass is 35.5. The lowest BCUT2D eigenvalue weighted by Gasteiger charge is -2.24. The number of rotatable bonds is 12. The fourth-order valence-corrected chi connectivity index (χ4v) is 4.23. The first kappa shape index (κ1) is 30.5. The smallest absolute Gasteiger partial charge is 0.318 e. The molecule has 2 amide bonds. The Labute approximate surface area is 253 Å². The van der Waals surface area contributed by atoms with Gasteiger partial charge in [-0.1, -0.05) is 77.8 Å². The Morgan fingerprint density at radius 1 is 0.976 bits per heavy atom. The van der Waals surface area contributed by atoms with Crippen LogP contribution in [0.4, 0.5) is 5.82 Å². The lowest BCUT2D eigenvalue weighted by atomic mass is 9.90. The van der Waals surface area contributed by atoms with Crippen LogP contribution in [0.3, 0.4) is 0 Å². The zero-order valence-corrected chi connectivity index (χ0v) is 24.5. The molecule has 0 radical (unpaired) electrons. The number of benzene rings is 3. The quantitative estimate of drug-likeness (QED) is 0.154. The molecule has 0 spiro atoms. The maximum Gasteiger partial charge on any atom is 0.318 e. The number of hydrogen-bond donors (Lipinski definition) is 4. The molecule has 0 bridgehead atoms. The molecule has 0 aliphatic rings. The summed E-state index contributed by atoms with van der Waals surface area (Å²) in [7, 11) is 0. The van der Waals surface area contributed by atoms with Gasteiger partial charge in [0, 0.05) is 34.4 Å². The molecular formula is C31H30Cl2N6O3. The molecule has 0 aliphatic heterocycles. The van der Waals surface area contributed by atoms with Crippen molar-refractivity contribution in [3.05, 3.63) is 117 Å². The van der Waals surface area contributed by atoms with Crippen molar-refractivity contribution in [2.45, 2.75) is 31.9 Å². The molecule has 1 heterocycles. The first-order chi connectivity index (χ1) is 20.0. The number of nitrogens with zero attached hydrogens (tertiary/aromatic N) is 2. The number of ether oxygens (including phenoxy) is 1. The summed E-state index contributed by atoms with van der Waals surface area (Å²) in [5, 5.41) is 16.0. The third kappa shape index (κ3) is 7.84. The van der Waals surface area contributed by atoms with E-state index < -0.39 is 23.3 Å². The van der Waals surface area contributed by atoms with E-state index in [0.29, 0.717) is 21.3 Å². The van der Waals surface area contributed by atoms with Crippen molar-refractivity contribution >= 4 is 46.5 Å². The normalized spacial score (nSPS) is 11.8. The van der Waals surface area contributed by atoms with Crippen molar-refractivity contribution in [2.24, 2.45) is 5.73 Å². The number of nitrogens with one attached hydrogen (secondary N) is 3. The van der Waals surface area contributed by atoms with Crippen LogP contribution in [0.2, 0.25) is 10.0 Å². The Hall–Kier alpha value is -4.47. The summed E-state index contributed by atoms with van der Waals surface area (Å²) in [4.78, 5) is 33.8. The Balaban J connectivity index is 1.64. The molecule has 1 aromatic heterocycles. The number of hydrogen-bond acceptors (Lipinski definition) is 7. The average Bonchev–Trinajstić information content (AvgIpc) is 2.97. The molecule has 5 N–H and O–H groups in total. The number of aromatic nitrogens is 2. The van der Waals surface area contributed by atoms with Gasteiger partial charge in [0.15, 0.2) is 0 Å². The summed E-state index contributed by atoms with van der Waals surface area (Å²) >= 11 is 12.0. The van der Waals surface area contributed by atoms with Crippen molar-refractivity contribution in [2.75, 3.05) is 11.9 Å². The predicted molar refractivity (Wildman–Crippen MR) is 165 cm³/mol. The van der Waals surface area contributed by atoms with E-state index in [-0.39, 0.29) is 30.5 Å². The van der Waals surface area contributed by atoms with E-state index in [2.05, 4.69) is 20.6 Å². The van der Waals surface area contributed by atoms with Crippen molar-refractivity contribution in [3.8, 4) is 6.01 Å². The summed E-state index contributed by atoms with van der Waals surface area (Å²) in [6.07, 6.45) is 1.32. The number of carbonyl (C=O) groups excluding carboxylic acids is 2. The molecule has 1 unspecified atom stereocenters. The van der Waals surface area contributed by atoms with E-state index in [1.807, 2.05) is 42.5 Å². The summed E-state index contributed by atoms with van der Waals surface area (Å²) in [5.41, 5.74) is 7.01. The average molecular weight is 606 g/mol. The molecule has 1 atom stereocenters. The van der Waals surface area contributed by atoms with Crippen LogP contribution in [-0.4, -0.2) is 39.6 Å². The van der Waals surface area contributed by atoms with Crippen LogP contribution < -0.4 is 21.1 Å². The van der Waals surface area contributed by atoms with Gasteiger partial charge in [-0.3, -0.25) is 9.59 Å². The molecule has 3 aromatic carbocycles. The fraction of sp³-hybridized carbons (Fsp3) is 0.194. The second-order valence-electron chi connectivity index (χ2n) is 10.0. The van der Waals surface area contributed by atoms with Gasteiger partial charge >= 0.3 is 6.01 Å². The largest absolute Gasteiger partial charge is 0.459 e. The molecule has 4 rings (SSSR count). The minimum Gasteiger partial charge on any atom is -0.459 e. The van der Waals surface area contributed by atoms with Gasteiger partial charge in [-0.25, -0.2) is 4.98 Å². The Morgan fingerprint density at radius 2 is 1.60 bits per heavy atom. The van der Waals surface area contributed by atoms with Gasteiger partial charge in [0.1, 0.15) is 23.5 Å². The van der Waals surface area contributed by atoms with E-state index in [9.17, 15) is 9.59 Å². The van der Waals surface area contributed by atoms with Crippen LogP contribution in [0.15, 0.2) is 85.1 Å². The number of carbonyl (C=O) groups is 2. The number of nitrogens with two attached hydrogens (primary N) is 1. The first-order valence-electron chi connectivity index (χ1n) is 13.0. The van der Waals surface area contributed by atoms with Gasteiger partial charge in [0.25, 0.3) is 5.91 Å². The van der Waals surface area contributed by atoms with Gasteiger partial charge in [0.2, 0.25) is 5.91 Å². The van der Waals surface area contributed by atoms with E-state index >= 15 is 0 Å². The Morgan fingerprint density at radius 3 is 2.21 bits per heavy atom. The van der Waals surface area contributed by atoms with Crippen LogP contribution in [0.25, 0.3) is 0 Å². The molecule has 4 aromatic rings. The molecule has 11 heteroatoms. The number of anilines is 1. The molecule has 9 nitrogen and oxygen atoms in total. The van der Waals surface area contributed by atoms with Gasteiger partial charge in [0.05, 0.1) is 0 Å². The molecular weight excluding hydrogens is 575 g/mol. The standard InChI is InChI=1S/C31H30Cl2N6O3/c1-31(2,29(35)41)39-28(40)25-17-37-30(42-18-19-8-12-22(32)13-9-19)38-27(25)36-16-24(20-6-4-3-5-7-20)26(34)21-10-14-23(33)15-11-21/h3-15,17,24,34H,16,18H2,1-2H3,(H2,35,41)(H,39,40)(H,36,37,38). The van der Waals surface area contributed by atoms with Crippen molar-refractivity contribution in [3.63, 3.8) is 0 Å². The fourth-order valence-electron chi connectivity index (χ4n) is 3.98. The maximum atomic E-state index is 13.3. The lowest BCUT2D eigenvalue weighted by molar-refractivity contribution is -0.122. The zero-order valence-electron chi connectivity index (χ0n) is 23.0. The summed E-state index contributed by atoms with van der Waals surface area (Å²) in [5.74, 6) is -1.55. The highest BCUT2D eigenvalue weighted by molar-refractivity contribution is 6.31. The van der Waals surface area contributed by atoms with Crippen molar-refractivity contribution < 1.29 is 14.3 Å². The molecule has 216 valence electrons. The second-order valence-corrected chi connectivity index (χ2v) is 10.9. The zero-order chi connectivity index (χ0) is 30.3. The molecule has 0 aliphatic carbocycles. The second kappa shape index (κ2) is 13.5. The minimum absolute atomic E-state index is 0.0298. The van der Waals surface area contributed by atoms with Crippen LogP contribution in [-0.2, 0) is 11.4 Å². The van der Waals surface area contributed by atoms with Gasteiger partial charge in [-0.15, -0.1) is 0 Å². The maximum absolute atomic E-state index is 13.3. The SMILES string of the molecule is CC(C)(NC(=O)c1cnc(OCc2ccc(Cl)cc2)nc1NCC(C(=N)c1ccc(Cl)cc1)c1ccccc1)C(N)=O. The van der Waals surface area contributed by atoms with Gasteiger partial charge in [-0.05, 0) is 54.8 Å². The lowest BCUT2D eigenvalue weighted by Crippen LogP contribution is -2.53. The number of primary amides is 1. The monoisotopic (exact) mass is 604 g/mol. The van der Waals surface area contributed by atoms with Crippen molar-refractivity contribution in [1.82, 2.24) is 15.3 Å². The van der Waals surface area contributed by atoms with Gasteiger partial charge < -0.3 is 26.5 Å². The predicted octanol–water partition coefficient (Wildman–Crippen LogP) is 5.62. The third-order valence-corrected chi connectivity index (χ3v) is 7.02.